The van der Waals surface area contributed by atoms with Crippen LogP contribution in [-0.2, 0) is 22.1 Å². The van der Waals surface area contributed by atoms with Crippen LogP contribution in [0.25, 0.3) is 0 Å². The summed E-state index contributed by atoms with van der Waals surface area (Å²) in [5.41, 5.74) is 3.94. The predicted molar refractivity (Wildman–Crippen MR) is 202 cm³/mol. The highest BCUT2D eigenvalue weighted by atomic mass is 35.5. The van der Waals surface area contributed by atoms with Crippen LogP contribution in [0.2, 0.25) is 5.02 Å². The number of hydrogen-bond acceptors (Lipinski definition) is 8. The Bertz CT molecular complexity index is 1420. The molecule has 278 valence electrons. The quantitative estimate of drug-likeness (QED) is 0.341. The molecule has 7 unspecified atom stereocenters. The molecule has 2 aromatic carbocycles. The van der Waals surface area contributed by atoms with Gasteiger partial charge in [-0.2, -0.15) is 0 Å². The number of ether oxygens (including phenoxy) is 2. The Kier molecular flexibility index (Phi) is 14.9. The molecule has 1 aliphatic carbocycles. The van der Waals surface area contributed by atoms with Gasteiger partial charge in [0.25, 0.3) is 5.91 Å². The maximum Gasteiger partial charge on any atom is 0.263 e. The number of halogens is 1. The highest BCUT2D eigenvalue weighted by Gasteiger charge is 2.39. The number of β-amino-alcohol motifs (C(OH)–C–C–N with tert-alkyl or cyclic N) is 1. The van der Waals surface area contributed by atoms with Gasteiger partial charge in [0.05, 0.1) is 37.4 Å². The number of rotatable bonds is 6. The molecule has 7 atom stereocenters. The molecule has 3 heterocycles. The Morgan fingerprint density at radius 1 is 1.02 bits per heavy atom. The van der Waals surface area contributed by atoms with Crippen LogP contribution >= 0.6 is 11.6 Å². The van der Waals surface area contributed by atoms with Gasteiger partial charge < -0.3 is 24.6 Å². The molecule has 11 heteroatoms. The molecule has 3 aliphatic heterocycles. The van der Waals surface area contributed by atoms with E-state index in [2.05, 4.69) is 40.5 Å². The van der Waals surface area contributed by atoms with E-state index in [9.17, 15) is 14.1 Å². The van der Waals surface area contributed by atoms with Gasteiger partial charge in [-0.3, -0.25) is 14.4 Å². The van der Waals surface area contributed by atoms with Crippen molar-refractivity contribution in [3.05, 3.63) is 58.1 Å². The van der Waals surface area contributed by atoms with Gasteiger partial charge in [-0.15, -0.1) is 0 Å². The van der Waals surface area contributed by atoms with Crippen LogP contribution < -0.4 is 14.4 Å². The first kappa shape index (κ1) is 39.0. The monoisotopic (exact) mass is 731 g/mol. The van der Waals surface area contributed by atoms with Crippen molar-refractivity contribution in [1.82, 2.24) is 9.62 Å². The molecule has 3 N–H and O–H groups in total. The lowest BCUT2D eigenvalue weighted by Crippen LogP contribution is -2.43. The fourth-order valence-corrected chi connectivity index (χ4v) is 9.22. The van der Waals surface area contributed by atoms with Crippen LogP contribution in [0.1, 0.15) is 86.7 Å². The number of aliphatic hydroxyl groups excluding tert-OH is 2. The van der Waals surface area contributed by atoms with E-state index in [0.717, 1.165) is 107 Å². The molecule has 1 saturated heterocycles. The molecule has 2 bridgehead atoms. The first-order valence-electron chi connectivity index (χ1n) is 18.8. The summed E-state index contributed by atoms with van der Waals surface area (Å²) < 4.78 is 27.4. The number of morpholine rings is 1. The second-order valence-corrected chi connectivity index (χ2v) is 16.6. The minimum atomic E-state index is -1.49. The molecule has 6 rings (SSSR count). The van der Waals surface area contributed by atoms with Crippen LogP contribution in [0.5, 0.6) is 5.75 Å². The lowest BCUT2D eigenvalue weighted by atomic mass is 9.65. The van der Waals surface area contributed by atoms with Gasteiger partial charge in [-0.25, -0.2) is 4.21 Å². The topological polar surface area (TPSA) is 112 Å². The second kappa shape index (κ2) is 19.0. The molecule has 0 spiro atoms. The smallest absolute Gasteiger partial charge is 0.263 e. The second-order valence-electron chi connectivity index (χ2n) is 14.7. The molecule has 9 nitrogen and oxygen atoms in total. The Balaban J connectivity index is 0.000000470. The number of benzene rings is 2. The number of aryl methyl sites for hydroxylation is 1. The minimum absolute atomic E-state index is 0.145. The van der Waals surface area contributed by atoms with Crippen LogP contribution in [0.4, 0.5) is 5.69 Å². The van der Waals surface area contributed by atoms with Crippen molar-refractivity contribution in [2.45, 2.75) is 76.9 Å². The Morgan fingerprint density at radius 3 is 2.52 bits per heavy atom. The zero-order valence-electron chi connectivity index (χ0n) is 30.2. The number of amides is 1. The van der Waals surface area contributed by atoms with Gasteiger partial charge >= 0.3 is 0 Å². The number of nitrogens with zero attached hydrogens (tertiary/aromatic N) is 2. The van der Waals surface area contributed by atoms with Crippen molar-refractivity contribution in [2.75, 3.05) is 70.7 Å². The third-order valence-electron chi connectivity index (χ3n) is 11.4. The van der Waals surface area contributed by atoms with Crippen molar-refractivity contribution in [3.63, 3.8) is 0 Å². The molecule has 4 aliphatic rings. The summed E-state index contributed by atoms with van der Waals surface area (Å²) in [6.45, 7) is 13.3. The molecule has 2 fully saturated rings. The number of hydrogen-bond donors (Lipinski definition) is 3. The number of anilines is 1. The molecule has 1 amide bonds. The lowest BCUT2D eigenvalue weighted by Gasteiger charge is -2.44. The van der Waals surface area contributed by atoms with Crippen LogP contribution in [-0.4, -0.2) is 96.2 Å². The number of carbonyl (C=O) groups is 1. The van der Waals surface area contributed by atoms with Gasteiger partial charge in [0.2, 0.25) is 0 Å². The number of nitrogens with one attached hydrogen (secondary N) is 1. The first-order chi connectivity index (χ1) is 24.2. The summed E-state index contributed by atoms with van der Waals surface area (Å²) >= 11 is 6.40. The summed E-state index contributed by atoms with van der Waals surface area (Å²) in [6.07, 6.45) is 7.19. The van der Waals surface area contributed by atoms with Crippen molar-refractivity contribution in [2.24, 2.45) is 23.7 Å². The maximum absolute atomic E-state index is 13.3. The summed E-state index contributed by atoms with van der Waals surface area (Å²) in [5.74, 6) is 2.06. The van der Waals surface area contributed by atoms with Gasteiger partial charge in [0.15, 0.2) is 0 Å². The third-order valence-corrected chi connectivity index (χ3v) is 13.1. The highest BCUT2D eigenvalue weighted by molar-refractivity contribution is 7.84. The molecule has 0 aromatic heterocycles. The number of aliphatic hydroxyl groups is 2. The van der Waals surface area contributed by atoms with Crippen LogP contribution in [0, 0.1) is 23.7 Å². The van der Waals surface area contributed by atoms with Crippen molar-refractivity contribution in [3.8, 4) is 5.75 Å². The Labute approximate surface area is 306 Å². The molecule has 50 heavy (non-hydrogen) atoms. The fraction of sp³-hybridized carbons (Fsp3) is 0.667. The van der Waals surface area contributed by atoms with E-state index in [1.807, 2.05) is 25.1 Å². The zero-order chi connectivity index (χ0) is 35.6. The van der Waals surface area contributed by atoms with E-state index in [4.69, 9.17) is 26.2 Å². The Morgan fingerprint density at radius 2 is 1.82 bits per heavy atom. The van der Waals surface area contributed by atoms with Gasteiger partial charge in [0, 0.05) is 55.8 Å². The van der Waals surface area contributed by atoms with Crippen LogP contribution in [0.3, 0.4) is 0 Å². The fourth-order valence-electron chi connectivity index (χ4n) is 7.98. The molecular weight excluding hydrogens is 674 g/mol. The molecular formula is C39H58ClN3O6S. The normalized spacial score (nSPS) is 29.3. The average Bonchev–Trinajstić information content (AvgIpc) is 3.28. The van der Waals surface area contributed by atoms with E-state index < -0.39 is 11.0 Å². The highest BCUT2D eigenvalue weighted by Crippen LogP contribution is 2.45. The largest absolute Gasteiger partial charge is 0.491 e. The van der Waals surface area contributed by atoms with Crippen molar-refractivity contribution in [1.29, 1.82) is 0 Å². The zero-order valence-corrected chi connectivity index (χ0v) is 31.7. The molecule has 1 saturated carbocycles. The van der Waals surface area contributed by atoms with E-state index in [-0.39, 0.29) is 42.1 Å². The van der Waals surface area contributed by atoms with Crippen LogP contribution in [0.15, 0.2) is 36.4 Å². The summed E-state index contributed by atoms with van der Waals surface area (Å²) in [5, 5.41) is 19.5. The van der Waals surface area contributed by atoms with Gasteiger partial charge in [-0.1, -0.05) is 44.4 Å². The van der Waals surface area contributed by atoms with E-state index >= 15 is 0 Å². The average molecular weight is 732 g/mol. The van der Waals surface area contributed by atoms with Crippen molar-refractivity contribution < 1.29 is 28.7 Å². The third kappa shape index (κ3) is 10.0. The summed E-state index contributed by atoms with van der Waals surface area (Å²) in [6, 6.07) is 11.8. The van der Waals surface area contributed by atoms with Gasteiger partial charge in [-0.05, 0) is 104 Å². The van der Waals surface area contributed by atoms with E-state index in [0.29, 0.717) is 24.0 Å². The van der Waals surface area contributed by atoms with E-state index in [1.165, 1.54) is 11.1 Å². The number of carbonyl (C=O) groups excluding carboxylic acids is 1. The molecule has 2 aromatic rings. The van der Waals surface area contributed by atoms with E-state index in [1.54, 1.807) is 6.07 Å². The minimum Gasteiger partial charge on any atom is -0.491 e. The first-order valence-corrected chi connectivity index (χ1v) is 20.3. The number of fused-ring (bicyclic) bond motifs is 2. The van der Waals surface area contributed by atoms with Crippen molar-refractivity contribution >= 4 is 34.2 Å². The standard InChI is InChI=1S/C33H45ClN2O4S.C6H13NO2/c1-4-6-23-15-28(34)11-13-29(23)27-18-36-17-25-9-12-30(25)26(19-37)8-5-7-21(2)22(3)41(39)35-33(38)24-10-14-32(40-20-27)31(36)16-24;8-4-1-7-2-5-9-6-3-7/h10-11,13-16,21-22,25-27,30,37H,4-9,12,17-20H2,1-3H3,(H,35,38);8H,1-6H2. The Hall–Kier alpha value is -2.21. The summed E-state index contributed by atoms with van der Waals surface area (Å²) in [7, 11) is -1.49. The lowest BCUT2D eigenvalue weighted by molar-refractivity contribution is 0.0306. The maximum atomic E-state index is 13.3. The summed E-state index contributed by atoms with van der Waals surface area (Å²) in [4.78, 5) is 17.9. The van der Waals surface area contributed by atoms with Gasteiger partial charge in [0.1, 0.15) is 16.7 Å². The SMILES string of the molecule is CCCc1cc(Cl)ccc1C1COc2ccc3cc2N(C1)CC1CCC1C(CO)CCCC(C)C(C)S(=O)NC3=O.OCCN1CCOCC1. The predicted octanol–water partition coefficient (Wildman–Crippen LogP) is 5.82. The molecule has 0 radical (unpaired) electrons.